The highest BCUT2D eigenvalue weighted by molar-refractivity contribution is 8.00. The number of benzene rings is 6. The topological polar surface area (TPSA) is 243 Å². The molecule has 6 aliphatic rings. The van der Waals surface area contributed by atoms with E-state index in [9.17, 15) is 37.2 Å². The third-order valence-electron chi connectivity index (χ3n) is 16.3. The fourth-order valence-electron chi connectivity index (χ4n) is 11.7. The van der Waals surface area contributed by atoms with Crippen molar-refractivity contribution in [3.63, 3.8) is 0 Å². The highest BCUT2D eigenvalue weighted by Gasteiger charge is 2.32. The van der Waals surface area contributed by atoms with Crippen LogP contribution in [0, 0.1) is 17.8 Å². The number of rotatable bonds is 11. The van der Waals surface area contributed by atoms with E-state index in [1.165, 1.54) is 157 Å². The maximum Gasteiger partial charge on any atom is 0.335 e. The summed E-state index contributed by atoms with van der Waals surface area (Å²) in [6.07, 6.45) is 23.4. The number of halogens is 3. The predicted molar refractivity (Wildman–Crippen MR) is 352 cm³/mol. The van der Waals surface area contributed by atoms with E-state index < -0.39 is 26.0 Å². The highest BCUT2D eigenvalue weighted by Crippen LogP contribution is 2.41. The van der Waals surface area contributed by atoms with Crippen LogP contribution in [0.3, 0.4) is 0 Å². The van der Waals surface area contributed by atoms with Gasteiger partial charge < -0.3 is 37.4 Å². The van der Waals surface area contributed by atoms with E-state index >= 15 is 0 Å². The number of carbonyl (C=O) groups excluding carboxylic acids is 5. The van der Waals surface area contributed by atoms with E-state index in [1.807, 2.05) is 48.5 Å². The lowest BCUT2D eigenvalue weighted by molar-refractivity contribution is 0.0695. The van der Waals surface area contributed by atoms with Crippen molar-refractivity contribution in [2.24, 2.45) is 23.5 Å². The number of fused-ring (bicyclic) bond motifs is 6. The molecule has 466 valence electrons. The van der Waals surface area contributed by atoms with Crippen molar-refractivity contribution >= 4 is 121 Å². The average Bonchev–Trinajstić information content (AvgIpc) is 1.79. The molecular weight excluding hydrogens is 1240 g/mol. The number of carboxylic acids is 1. The fraction of sp³-hybridized carbons (Fsp3) is 0.373. The zero-order valence-electron chi connectivity index (χ0n) is 48.9. The molecule has 5 amide bonds. The van der Waals surface area contributed by atoms with Gasteiger partial charge in [-0.15, -0.1) is 0 Å². The van der Waals surface area contributed by atoms with Gasteiger partial charge in [0.25, 0.3) is 29.5 Å². The summed E-state index contributed by atoms with van der Waals surface area (Å²) in [5.74, 6) is 0.187. The molecule has 6 aromatic rings. The Labute approximate surface area is 539 Å². The van der Waals surface area contributed by atoms with Crippen LogP contribution < -0.4 is 32.3 Å². The van der Waals surface area contributed by atoms with E-state index in [0.717, 1.165) is 50.8 Å². The Bertz CT molecular complexity index is 3550. The second kappa shape index (κ2) is 33.4. The summed E-state index contributed by atoms with van der Waals surface area (Å²) in [6, 6.07) is 35.5. The van der Waals surface area contributed by atoms with Crippen LogP contribution in [0.4, 0.5) is 17.1 Å². The van der Waals surface area contributed by atoms with Gasteiger partial charge in [-0.05, 0) is 135 Å². The fourth-order valence-corrected chi connectivity index (χ4v) is 15.3. The Kier molecular flexibility index (Phi) is 25.7. The van der Waals surface area contributed by atoms with Crippen LogP contribution in [0.5, 0.6) is 0 Å². The van der Waals surface area contributed by atoms with Crippen molar-refractivity contribution < 1.29 is 42.3 Å². The van der Waals surface area contributed by atoms with E-state index in [4.69, 9.17) is 45.6 Å². The first-order valence-corrected chi connectivity index (χ1v) is 34.6. The lowest BCUT2D eigenvalue weighted by Crippen LogP contribution is -2.26. The molecule has 0 unspecified atom stereocenters. The van der Waals surface area contributed by atoms with Crippen LogP contribution in [0.15, 0.2) is 157 Å². The van der Waals surface area contributed by atoms with Gasteiger partial charge in [0.2, 0.25) is 9.84 Å². The first-order chi connectivity index (χ1) is 42.5. The molecule has 3 aliphatic heterocycles. The monoisotopic (exact) mass is 1310 g/mol. The molecule has 3 heterocycles. The summed E-state index contributed by atoms with van der Waals surface area (Å²) in [5, 5.41) is 23.3. The molecule has 0 saturated heterocycles. The molecule has 0 spiro atoms. The Morgan fingerprint density at radius 1 is 0.489 bits per heavy atom. The van der Waals surface area contributed by atoms with E-state index in [0.29, 0.717) is 52.6 Å². The maximum absolute atomic E-state index is 13.0. The molecule has 0 radical (unpaired) electrons. The second-order valence-electron chi connectivity index (χ2n) is 22.4. The lowest BCUT2D eigenvalue weighted by Gasteiger charge is -2.21. The number of hydrogen-bond acceptors (Lipinski definition) is 11. The molecule has 21 heteroatoms. The van der Waals surface area contributed by atoms with Crippen molar-refractivity contribution in [3.05, 3.63) is 161 Å². The molecule has 3 aliphatic carbocycles. The normalized spacial score (nSPS) is 16.6. The Morgan fingerprint density at radius 3 is 1.33 bits per heavy atom. The summed E-state index contributed by atoms with van der Waals surface area (Å²) < 4.78 is 25.2. The Balaban J connectivity index is 0.000000157. The number of carboxylic acid groups (broad SMARTS) is 1. The number of anilines is 3. The highest BCUT2D eigenvalue weighted by atomic mass is 35.6. The van der Waals surface area contributed by atoms with Crippen molar-refractivity contribution in [2.75, 3.05) is 35.6 Å². The molecule has 12 rings (SSSR count). The van der Waals surface area contributed by atoms with E-state index in [1.54, 1.807) is 48.2 Å². The van der Waals surface area contributed by atoms with Gasteiger partial charge in [0.1, 0.15) is 0 Å². The Hall–Kier alpha value is -6.38. The van der Waals surface area contributed by atoms with Crippen LogP contribution in [-0.2, 0) is 9.84 Å². The maximum atomic E-state index is 13.0. The quantitative estimate of drug-likeness (QED) is 0.0599. The largest absolute Gasteiger partial charge is 0.478 e. The van der Waals surface area contributed by atoms with Crippen molar-refractivity contribution in [1.29, 1.82) is 0 Å². The van der Waals surface area contributed by atoms with E-state index in [2.05, 4.69) is 26.6 Å². The summed E-state index contributed by atoms with van der Waals surface area (Å²) >= 11 is 17.4. The summed E-state index contributed by atoms with van der Waals surface area (Å²) in [7, 11) is -3.86. The number of carbonyl (C=O) groups is 6. The van der Waals surface area contributed by atoms with Gasteiger partial charge in [0.05, 0.1) is 49.1 Å². The van der Waals surface area contributed by atoms with Crippen LogP contribution in [0.1, 0.15) is 178 Å². The minimum absolute atomic E-state index is 0.00504. The number of sulfone groups is 1. The molecule has 0 aromatic heterocycles. The van der Waals surface area contributed by atoms with Gasteiger partial charge >= 0.3 is 5.97 Å². The molecule has 8 N–H and O–H groups in total. The lowest BCUT2D eigenvalue weighted by atomic mass is 9.87. The van der Waals surface area contributed by atoms with Gasteiger partial charge in [-0.1, -0.05) is 191 Å². The zero-order valence-corrected chi connectivity index (χ0v) is 53.6. The first kappa shape index (κ1) is 67.5. The van der Waals surface area contributed by atoms with Gasteiger partial charge in [-0.3, -0.25) is 24.0 Å². The number of aromatic carboxylic acids is 1. The number of amides is 5. The van der Waals surface area contributed by atoms with Crippen LogP contribution in [0.25, 0.3) is 0 Å². The van der Waals surface area contributed by atoms with Gasteiger partial charge in [-0.25, -0.2) is 13.2 Å². The standard InChI is InChI=1S/C22H24N2O4S.C22H24N2O2S.C14H9NO3S.C8H17N.CHCl3/c25-21(23-13-12-15-6-2-1-3-7-15)16-10-11-20-18(14-16)24-22(26)17-8-4-5-9-19(17)29(20,27)28;25-21(23-13-12-15-6-2-1-3-7-15)16-10-11-20-18(14-16)24-22(26)17-8-4-5-9-19(17)27-20;16-13-9-3-1-2-4-11(9)19-12-6-5-8(14(17)18)7-10(12)15-13;9-7-6-8-4-2-1-3-5-8;2-1(3)4/h4-5,8-11,14-15H,1-3,6-7,12-13H2,(H,23,25)(H,24,26);4-5,8-11,14-15H,1-3,6-7,12-13H2,(H,23,25)(H,24,26);1-7H,(H,15,16)(H,17,18);8H,1-7,9H2;1H. The zero-order chi connectivity index (χ0) is 62.6. The number of hydrogen-bond donors (Lipinski definition) is 7. The minimum Gasteiger partial charge on any atom is -0.478 e. The third-order valence-corrected chi connectivity index (χ3v) is 20.5. The van der Waals surface area contributed by atoms with Crippen LogP contribution in [-0.4, -0.2) is 73.0 Å². The summed E-state index contributed by atoms with van der Waals surface area (Å²) in [4.78, 5) is 76.6. The smallest absolute Gasteiger partial charge is 0.335 e. The van der Waals surface area contributed by atoms with Crippen LogP contribution >= 0.6 is 58.3 Å². The molecular formula is C67H75Cl3N6O9S3. The van der Waals surface area contributed by atoms with Crippen molar-refractivity contribution in [1.82, 2.24) is 10.6 Å². The molecule has 0 bridgehead atoms. The van der Waals surface area contributed by atoms with Gasteiger partial charge in [0, 0.05) is 43.8 Å². The number of nitrogens with one attached hydrogen (secondary N) is 5. The van der Waals surface area contributed by atoms with Crippen molar-refractivity contribution in [2.45, 2.75) is 149 Å². The second-order valence-corrected chi connectivity index (χ2v) is 28.5. The van der Waals surface area contributed by atoms with Gasteiger partial charge in [0.15, 0.2) is 4.30 Å². The third kappa shape index (κ3) is 19.1. The molecule has 15 nitrogen and oxygen atoms in total. The Morgan fingerprint density at radius 2 is 0.864 bits per heavy atom. The molecule has 0 atom stereocenters. The molecule has 6 aromatic carbocycles. The number of alkyl halides is 3. The SMILES string of the molecule is ClC(Cl)Cl.NCCC1CCCCC1.O=C(NCCC1CCCCC1)c1ccc2c(c1)NC(=O)c1ccccc1S2.O=C(NCCC1CCCCC1)c1ccc2c(c1)NC(=O)c1ccccc1S2(=O)=O.O=C(O)c1ccc2c(c1)NC(=O)c1ccccc1S2. The van der Waals surface area contributed by atoms with Crippen LogP contribution in [0.2, 0.25) is 0 Å². The first-order valence-electron chi connectivity index (χ1n) is 30.1. The summed E-state index contributed by atoms with van der Waals surface area (Å²) in [6.45, 7) is 2.20. The average molecular weight is 1310 g/mol. The molecule has 3 saturated carbocycles. The predicted octanol–water partition coefficient (Wildman–Crippen LogP) is 15.9. The summed E-state index contributed by atoms with van der Waals surface area (Å²) in [5.41, 5.74) is 9.25. The van der Waals surface area contributed by atoms with Crippen molar-refractivity contribution in [3.8, 4) is 0 Å². The molecule has 88 heavy (non-hydrogen) atoms. The minimum atomic E-state index is -3.86. The van der Waals surface area contributed by atoms with Gasteiger partial charge in [-0.2, -0.15) is 0 Å². The number of nitrogens with two attached hydrogens (primary N) is 1. The molecule has 3 fully saturated rings. The van der Waals surface area contributed by atoms with E-state index in [-0.39, 0.29) is 50.2 Å².